The smallest absolute Gasteiger partial charge is 0.243 e. The molecule has 25 heavy (non-hydrogen) atoms. The Balaban J connectivity index is 1.61. The van der Waals surface area contributed by atoms with Gasteiger partial charge >= 0.3 is 0 Å². The minimum atomic E-state index is -3.66. The van der Waals surface area contributed by atoms with Crippen LogP contribution in [-0.4, -0.2) is 49.7 Å². The largest absolute Gasteiger partial charge is 0.340 e. The first-order chi connectivity index (χ1) is 12.0. The van der Waals surface area contributed by atoms with E-state index in [0.717, 1.165) is 17.7 Å². The van der Waals surface area contributed by atoms with Crippen molar-refractivity contribution in [2.24, 2.45) is 0 Å². The number of sulfonamides is 1. The average Bonchev–Trinajstić information content (AvgIpc) is 2.63. The number of amides is 1. The first-order valence-electron chi connectivity index (χ1n) is 8.04. The van der Waals surface area contributed by atoms with Gasteiger partial charge in [0.05, 0.1) is 11.3 Å². The Morgan fingerprint density at radius 2 is 1.52 bits per heavy atom. The van der Waals surface area contributed by atoms with Crippen LogP contribution in [0.5, 0.6) is 0 Å². The molecule has 2 aromatic rings. The zero-order valence-electron chi connectivity index (χ0n) is 13.6. The van der Waals surface area contributed by atoms with Gasteiger partial charge in [0.25, 0.3) is 0 Å². The number of rotatable bonds is 4. The normalized spacial score (nSPS) is 16.0. The van der Waals surface area contributed by atoms with Crippen LogP contribution in [0.4, 0.5) is 4.39 Å². The Bertz CT molecular complexity index is 830. The third-order valence-corrected chi connectivity index (χ3v) is 6.15. The Morgan fingerprint density at radius 3 is 2.12 bits per heavy atom. The second-order valence-corrected chi connectivity index (χ2v) is 7.84. The number of hydrogen-bond acceptors (Lipinski definition) is 3. The van der Waals surface area contributed by atoms with Crippen LogP contribution in [0.2, 0.25) is 0 Å². The fourth-order valence-electron chi connectivity index (χ4n) is 2.82. The molecule has 5 nitrogen and oxygen atoms in total. The molecule has 7 heteroatoms. The number of carbonyl (C=O) groups is 1. The lowest BCUT2D eigenvalue weighted by atomic mass is 10.1. The molecule has 0 aromatic heterocycles. The third kappa shape index (κ3) is 4.05. The summed E-state index contributed by atoms with van der Waals surface area (Å²) in [6.07, 6.45) is 0.311. The minimum Gasteiger partial charge on any atom is -0.340 e. The molecule has 0 saturated carbocycles. The molecule has 132 valence electrons. The van der Waals surface area contributed by atoms with E-state index < -0.39 is 15.8 Å². The van der Waals surface area contributed by atoms with Gasteiger partial charge < -0.3 is 4.90 Å². The highest BCUT2D eigenvalue weighted by Crippen LogP contribution is 2.18. The van der Waals surface area contributed by atoms with Crippen molar-refractivity contribution in [1.82, 2.24) is 9.21 Å². The topological polar surface area (TPSA) is 57.7 Å². The van der Waals surface area contributed by atoms with Crippen molar-refractivity contribution in [2.75, 3.05) is 26.2 Å². The molecule has 2 aromatic carbocycles. The van der Waals surface area contributed by atoms with Gasteiger partial charge in [-0.1, -0.05) is 30.3 Å². The highest BCUT2D eigenvalue weighted by molar-refractivity contribution is 7.89. The maximum absolute atomic E-state index is 13.0. The summed E-state index contributed by atoms with van der Waals surface area (Å²) in [5, 5.41) is 0. The number of nitrogens with zero attached hydrogens (tertiary/aromatic N) is 2. The van der Waals surface area contributed by atoms with Gasteiger partial charge in [-0.15, -0.1) is 0 Å². The summed E-state index contributed by atoms with van der Waals surface area (Å²) >= 11 is 0. The SMILES string of the molecule is O=C(Cc1ccccc1)N1CCN(S(=O)(=O)c2ccc(F)cc2)CC1. The lowest BCUT2D eigenvalue weighted by Gasteiger charge is -2.34. The molecule has 1 fully saturated rings. The summed E-state index contributed by atoms with van der Waals surface area (Å²) in [4.78, 5) is 14.1. The van der Waals surface area contributed by atoms with E-state index in [2.05, 4.69) is 0 Å². The fourth-order valence-corrected chi connectivity index (χ4v) is 4.24. The van der Waals surface area contributed by atoms with Crippen molar-refractivity contribution in [3.05, 3.63) is 66.0 Å². The predicted octanol–water partition coefficient (Wildman–Crippen LogP) is 1.90. The molecule has 3 rings (SSSR count). The number of piperazine rings is 1. The van der Waals surface area contributed by atoms with Gasteiger partial charge in [0.2, 0.25) is 15.9 Å². The average molecular weight is 362 g/mol. The molecule has 1 amide bonds. The molecule has 0 N–H and O–H groups in total. The molecule has 0 spiro atoms. The van der Waals surface area contributed by atoms with Gasteiger partial charge in [-0.2, -0.15) is 4.31 Å². The summed E-state index contributed by atoms with van der Waals surface area (Å²) in [7, 11) is -3.66. The van der Waals surface area contributed by atoms with E-state index in [-0.39, 0.29) is 23.9 Å². The zero-order chi connectivity index (χ0) is 17.9. The molecule has 1 saturated heterocycles. The van der Waals surface area contributed by atoms with Crippen LogP contribution in [0, 0.1) is 5.82 Å². The van der Waals surface area contributed by atoms with Crippen molar-refractivity contribution in [1.29, 1.82) is 0 Å². The maximum Gasteiger partial charge on any atom is 0.243 e. The number of benzene rings is 2. The fraction of sp³-hybridized carbons (Fsp3) is 0.278. The van der Waals surface area contributed by atoms with Crippen molar-refractivity contribution >= 4 is 15.9 Å². The van der Waals surface area contributed by atoms with E-state index in [1.165, 1.54) is 16.4 Å². The summed E-state index contributed by atoms with van der Waals surface area (Å²) < 4.78 is 39.5. The molecule has 0 unspecified atom stereocenters. The maximum atomic E-state index is 13.0. The van der Waals surface area contributed by atoms with E-state index in [1.807, 2.05) is 30.3 Å². The quantitative estimate of drug-likeness (QED) is 0.835. The van der Waals surface area contributed by atoms with Crippen LogP contribution in [0.1, 0.15) is 5.56 Å². The van der Waals surface area contributed by atoms with Gasteiger partial charge in [0.1, 0.15) is 5.82 Å². The van der Waals surface area contributed by atoms with Gasteiger partial charge in [-0.3, -0.25) is 4.79 Å². The predicted molar refractivity (Wildman–Crippen MR) is 91.9 cm³/mol. The monoisotopic (exact) mass is 362 g/mol. The molecule has 1 heterocycles. The molecule has 0 radical (unpaired) electrons. The second-order valence-electron chi connectivity index (χ2n) is 5.90. The van der Waals surface area contributed by atoms with E-state index >= 15 is 0 Å². The molecular weight excluding hydrogens is 343 g/mol. The first-order valence-corrected chi connectivity index (χ1v) is 9.48. The minimum absolute atomic E-state index is 0.00923. The number of hydrogen-bond donors (Lipinski definition) is 0. The van der Waals surface area contributed by atoms with Crippen molar-refractivity contribution < 1.29 is 17.6 Å². The van der Waals surface area contributed by atoms with Gasteiger partial charge in [-0.05, 0) is 29.8 Å². The Morgan fingerprint density at radius 1 is 0.920 bits per heavy atom. The standard InChI is InChI=1S/C18H19FN2O3S/c19-16-6-8-17(9-7-16)25(23,24)21-12-10-20(11-13-21)18(22)14-15-4-2-1-3-5-15/h1-9H,10-14H2. The Kier molecular flexibility index (Phi) is 5.15. The highest BCUT2D eigenvalue weighted by atomic mass is 32.2. The van der Waals surface area contributed by atoms with Crippen molar-refractivity contribution in [3.8, 4) is 0 Å². The number of carbonyl (C=O) groups excluding carboxylic acids is 1. The van der Waals surface area contributed by atoms with E-state index in [9.17, 15) is 17.6 Å². The lowest BCUT2D eigenvalue weighted by Crippen LogP contribution is -2.50. The van der Waals surface area contributed by atoms with Crippen LogP contribution in [0.15, 0.2) is 59.5 Å². The molecule has 0 aliphatic carbocycles. The van der Waals surface area contributed by atoms with E-state index in [1.54, 1.807) is 4.90 Å². The first kappa shape index (κ1) is 17.6. The van der Waals surface area contributed by atoms with Gasteiger partial charge in [-0.25, -0.2) is 12.8 Å². The van der Waals surface area contributed by atoms with Crippen LogP contribution in [-0.2, 0) is 21.2 Å². The van der Waals surface area contributed by atoms with Crippen LogP contribution >= 0.6 is 0 Å². The van der Waals surface area contributed by atoms with Crippen LogP contribution in [0.3, 0.4) is 0 Å². The summed E-state index contributed by atoms with van der Waals surface area (Å²) in [5.74, 6) is -0.486. The van der Waals surface area contributed by atoms with Gasteiger partial charge in [0, 0.05) is 26.2 Å². The summed E-state index contributed by atoms with van der Waals surface area (Å²) in [6.45, 7) is 1.18. The number of halogens is 1. The van der Waals surface area contributed by atoms with E-state index in [4.69, 9.17) is 0 Å². The second kappa shape index (κ2) is 7.33. The summed E-state index contributed by atoms with van der Waals surface area (Å²) in [6, 6.07) is 14.2. The van der Waals surface area contributed by atoms with Crippen LogP contribution < -0.4 is 0 Å². The Hall–Kier alpha value is -2.25. The molecule has 0 bridgehead atoms. The van der Waals surface area contributed by atoms with Crippen molar-refractivity contribution in [3.63, 3.8) is 0 Å². The molecule has 0 atom stereocenters. The Labute approximate surface area is 146 Å². The van der Waals surface area contributed by atoms with E-state index in [0.29, 0.717) is 19.5 Å². The van der Waals surface area contributed by atoms with Gasteiger partial charge in [0.15, 0.2) is 0 Å². The third-order valence-electron chi connectivity index (χ3n) is 4.24. The molecule has 1 aliphatic heterocycles. The lowest BCUT2D eigenvalue weighted by molar-refractivity contribution is -0.131. The zero-order valence-corrected chi connectivity index (χ0v) is 14.5. The highest BCUT2D eigenvalue weighted by Gasteiger charge is 2.30. The van der Waals surface area contributed by atoms with Crippen LogP contribution in [0.25, 0.3) is 0 Å². The molecular formula is C18H19FN2O3S. The molecule has 1 aliphatic rings. The summed E-state index contributed by atoms with van der Waals surface area (Å²) in [5.41, 5.74) is 0.939. The van der Waals surface area contributed by atoms with Crippen molar-refractivity contribution in [2.45, 2.75) is 11.3 Å².